The molecule has 5 N–H and O–H groups in total. The number of likely N-dealkylation sites (N-methyl/N-ethyl adjacent to an activating group) is 1. The molecule has 9 nitrogen and oxygen atoms in total. The van der Waals surface area contributed by atoms with E-state index in [1.165, 1.54) is 0 Å². The number of amidine groups is 1. The average Bonchev–Trinajstić information content (AvgIpc) is 3.22. The lowest BCUT2D eigenvalue weighted by Gasteiger charge is -2.32. The van der Waals surface area contributed by atoms with Crippen molar-refractivity contribution in [1.29, 1.82) is 5.41 Å². The van der Waals surface area contributed by atoms with Gasteiger partial charge in [-0.3, -0.25) is 15.2 Å². The van der Waals surface area contributed by atoms with E-state index in [1.54, 1.807) is 26.2 Å². The summed E-state index contributed by atoms with van der Waals surface area (Å²) in [6.07, 6.45) is 3.33. The second kappa shape index (κ2) is 8.80. The summed E-state index contributed by atoms with van der Waals surface area (Å²) < 4.78 is 0. The Morgan fingerprint density at radius 2 is 1.91 bits per heavy atom. The number of H-pyrrole nitrogens is 1. The molecule has 1 fully saturated rings. The zero-order valence-corrected chi connectivity index (χ0v) is 18.6. The van der Waals surface area contributed by atoms with Crippen molar-refractivity contribution >= 4 is 28.5 Å². The summed E-state index contributed by atoms with van der Waals surface area (Å²) in [5.41, 5.74) is 10.7. The lowest BCUT2D eigenvalue weighted by Crippen LogP contribution is -2.47. The number of allylic oxidation sites excluding steroid dienone is 1. The summed E-state index contributed by atoms with van der Waals surface area (Å²) in [5, 5.41) is 12.1. The number of nitrogens with two attached hydrogens (primary N) is 1. The number of anilines is 1. The first-order valence-corrected chi connectivity index (χ1v) is 10.5. The summed E-state index contributed by atoms with van der Waals surface area (Å²) in [5.74, 6) is 0.195. The summed E-state index contributed by atoms with van der Waals surface area (Å²) in [6.45, 7) is 6.72. The van der Waals surface area contributed by atoms with Crippen molar-refractivity contribution in [2.45, 2.75) is 13.8 Å². The number of fused-ring (bicyclic) bond motifs is 1. The van der Waals surface area contributed by atoms with E-state index < -0.39 is 0 Å². The maximum Gasteiger partial charge on any atom is 0.272 e. The molecule has 1 saturated heterocycles. The molecule has 0 spiro atoms. The maximum absolute atomic E-state index is 12.9. The highest BCUT2D eigenvalue weighted by Gasteiger charge is 2.21. The standard InChI is InChI=1S/C23H28N8O/c1-14(15(2)24)21(25)28-18-10-17-12-19(29-22(17)27-13-18)16-4-5-26-20(11-16)23(32)31-8-6-30(3)7-9-31/h4-5,10-13H,6-9,24H2,1-3H3,(H2,25,28)(H,27,29)/b15-14-. The Kier molecular flexibility index (Phi) is 5.91. The number of pyridine rings is 2. The van der Waals surface area contributed by atoms with Crippen molar-refractivity contribution < 1.29 is 4.79 Å². The third-order valence-corrected chi connectivity index (χ3v) is 5.79. The first-order valence-electron chi connectivity index (χ1n) is 10.5. The van der Waals surface area contributed by atoms with Crippen LogP contribution in [0.1, 0.15) is 24.3 Å². The van der Waals surface area contributed by atoms with Crippen LogP contribution in [0.4, 0.5) is 5.69 Å². The van der Waals surface area contributed by atoms with Crippen LogP contribution in [-0.2, 0) is 0 Å². The van der Waals surface area contributed by atoms with Gasteiger partial charge < -0.3 is 25.8 Å². The fraction of sp³-hybridized carbons (Fsp3) is 0.304. The number of nitrogens with zero attached hydrogens (tertiary/aromatic N) is 4. The van der Waals surface area contributed by atoms with Crippen LogP contribution in [0.5, 0.6) is 0 Å². The van der Waals surface area contributed by atoms with Crippen molar-refractivity contribution in [2.75, 3.05) is 38.5 Å². The summed E-state index contributed by atoms with van der Waals surface area (Å²) in [7, 11) is 2.06. The predicted octanol–water partition coefficient (Wildman–Crippen LogP) is 2.65. The average molecular weight is 433 g/mol. The van der Waals surface area contributed by atoms with Gasteiger partial charge in [0.05, 0.1) is 11.9 Å². The number of piperazine rings is 1. The molecule has 3 aromatic heterocycles. The highest BCUT2D eigenvalue weighted by Crippen LogP contribution is 2.25. The third-order valence-electron chi connectivity index (χ3n) is 5.79. The molecule has 0 atom stereocenters. The molecule has 0 aromatic carbocycles. The fourth-order valence-electron chi connectivity index (χ4n) is 3.56. The monoisotopic (exact) mass is 432 g/mol. The van der Waals surface area contributed by atoms with Gasteiger partial charge in [0.2, 0.25) is 0 Å². The Morgan fingerprint density at radius 1 is 1.16 bits per heavy atom. The smallest absolute Gasteiger partial charge is 0.272 e. The third kappa shape index (κ3) is 4.47. The Hall–Kier alpha value is -3.72. The number of aromatic nitrogens is 3. The second-order valence-corrected chi connectivity index (χ2v) is 8.18. The number of aromatic amines is 1. The van der Waals surface area contributed by atoms with E-state index in [9.17, 15) is 4.79 Å². The molecule has 4 rings (SSSR count). The van der Waals surface area contributed by atoms with Crippen LogP contribution in [0.15, 0.2) is 47.9 Å². The number of nitrogens with one attached hydrogen (secondary N) is 3. The highest BCUT2D eigenvalue weighted by atomic mass is 16.2. The van der Waals surface area contributed by atoms with Crippen LogP contribution in [0.25, 0.3) is 22.3 Å². The van der Waals surface area contributed by atoms with Gasteiger partial charge in [-0.1, -0.05) is 0 Å². The van der Waals surface area contributed by atoms with E-state index in [0.29, 0.717) is 35.7 Å². The molecule has 166 valence electrons. The van der Waals surface area contributed by atoms with E-state index in [1.807, 2.05) is 29.2 Å². The summed E-state index contributed by atoms with van der Waals surface area (Å²) >= 11 is 0. The van der Waals surface area contributed by atoms with Gasteiger partial charge >= 0.3 is 0 Å². The predicted molar refractivity (Wildman–Crippen MR) is 127 cm³/mol. The van der Waals surface area contributed by atoms with E-state index >= 15 is 0 Å². The van der Waals surface area contributed by atoms with Gasteiger partial charge in [-0.25, -0.2) is 4.98 Å². The molecule has 0 aliphatic carbocycles. The number of hydrogen-bond acceptors (Lipinski definition) is 6. The molecule has 4 heterocycles. The van der Waals surface area contributed by atoms with Crippen molar-refractivity contribution in [3.63, 3.8) is 0 Å². The maximum atomic E-state index is 12.9. The van der Waals surface area contributed by atoms with Crippen LogP contribution in [0.2, 0.25) is 0 Å². The van der Waals surface area contributed by atoms with E-state index in [4.69, 9.17) is 11.1 Å². The normalized spacial score (nSPS) is 15.5. The van der Waals surface area contributed by atoms with Gasteiger partial charge in [0, 0.05) is 60.3 Å². The number of amides is 1. The van der Waals surface area contributed by atoms with E-state index in [0.717, 1.165) is 35.4 Å². The fourth-order valence-corrected chi connectivity index (χ4v) is 3.56. The van der Waals surface area contributed by atoms with Crippen molar-refractivity contribution in [3.05, 3.63) is 53.6 Å². The molecule has 0 unspecified atom stereocenters. The molecular formula is C23H28N8O. The summed E-state index contributed by atoms with van der Waals surface area (Å²) in [6, 6.07) is 7.60. The Bertz CT molecular complexity index is 1200. The lowest BCUT2D eigenvalue weighted by molar-refractivity contribution is 0.0658. The topological polar surface area (TPSA) is 127 Å². The van der Waals surface area contributed by atoms with E-state index in [2.05, 4.69) is 32.2 Å². The Balaban J connectivity index is 1.56. The van der Waals surface area contributed by atoms with Crippen molar-refractivity contribution in [1.82, 2.24) is 24.8 Å². The molecule has 0 saturated carbocycles. The highest BCUT2D eigenvalue weighted by molar-refractivity contribution is 6.06. The molecule has 9 heteroatoms. The van der Waals surface area contributed by atoms with Gasteiger partial charge in [0.1, 0.15) is 17.2 Å². The van der Waals surface area contributed by atoms with Crippen LogP contribution in [0, 0.1) is 5.41 Å². The molecule has 3 aromatic rings. The van der Waals surface area contributed by atoms with Crippen molar-refractivity contribution in [2.24, 2.45) is 5.73 Å². The first kappa shape index (κ1) is 21.5. The van der Waals surface area contributed by atoms with Crippen LogP contribution in [0.3, 0.4) is 0 Å². The lowest BCUT2D eigenvalue weighted by atomic mass is 10.1. The minimum absolute atomic E-state index is 0.0437. The number of rotatable bonds is 4. The SMILES string of the molecule is C/C(N)=C(\C)C(=N)Nc1cnc2[nH]c(-c3ccnc(C(=O)N4CCN(C)CC4)c3)cc2c1. The van der Waals surface area contributed by atoms with Gasteiger partial charge in [-0.2, -0.15) is 0 Å². The molecule has 0 bridgehead atoms. The number of carbonyl (C=O) groups excluding carboxylic acids is 1. The van der Waals surface area contributed by atoms with Gasteiger partial charge in [0.25, 0.3) is 5.91 Å². The molecular weight excluding hydrogens is 404 g/mol. The quantitative estimate of drug-likeness (QED) is 0.371. The number of hydrogen-bond donors (Lipinski definition) is 4. The Labute approximate surface area is 186 Å². The minimum Gasteiger partial charge on any atom is -0.402 e. The van der Waals surface area contributed by atoms with E-state index in [-0.39, 0.29) is 11.7 Å². The van der Waals surface area contributed by atoms with Crippen LogP contribution >= 0.6 is 0 Å². The van der Waals surface area contributed by atoms with Gasteiger partial charge in [-0.05, 0) is 45.2 Å². The molecule has 1 amide bonds. The number of carbonyl (C=O) groups is 1. The van der Waals surface area contributed by atoms with Gasteiger partial charge in [0.15, 0.2) is 0 Å². The van der Waals surface area contributed by atoms with Gasteiger partial charge in [-0.15, -0.1) is 0 Å². The van der Waals surface area contributed by atoms with Crippen LogP contribution < -0.4 is 11.1 Å². The minimum atomic E-state index is -0.0437. The van der Waals surface area contributed by atoms with Crippen LogP contribution in [-0.4, -0.2) is 69.7 Å². The molecule has 0 radical (unpaired) electrons. The second-order valence-electron chi connectivity index (χ2n) is 8.18. The van der Waals surface area contributed by atoms with Crippen molar-refractivity contribution in [3.8, 4) is 11.3 Å². The zero-order chi connectivity index (χ0) is 22.8. The molecule has 1 aliphatic rings. The molecule has 32 heavy (non-hydrogen) atoms. The largest absolute Gasteiger partial charge is 0.402 e. The summed E-state index contributed by atoms with van der Waals surface area (Å²) in [4.78, 5) is 29.0. The zero-order valence-electron chi connectivity index (χ0n) is 18.6. The molecule has 1 aliphatic heterocycles. The first-order chi connectivity index (χ1) is 15.3. The Morgan fingerprint density at radius 3 is 2.62 bits per heavy atom.